The summed E-state index contributed by atoms with van der Waals surface area (Å²) in [6.45, 7) is 5.64. The van der Waals surface area contributed by atoms with E-state index >= 15 is 0 Å². The highest BCUT2D eigenvalue weighted by Crippen LogP contribution is 2.28. The number of hydrogen-bond acceptors (Lipinski definition) is 3. The van der Waals surface area contributed by atoms with Crippen LogP contribution in [0.3, 0.4) is 0 Å². The van der Waals surface area contributed by atoms with Crippen LogP contribution >= 0.6 is 0 Å². The molecule has 1 aromatic carbocycles. The average molecular weight is 251 g/mol. The van der Waals surface area contributed by atoms with Crippen molar-refractivity contribution in [1.82, 2.24) is 0 Å². The Kier molecular flexibility index (Phi) is 6.58. The number of benzene rings is 1. The summed E-state index contributed by atoms with van der Waals surface area (Å²) in [6, 6.07) is 4.09. The molecule has 3 nitrogen and oxygen atoms in total. The zero-order valence-electron chi connectivity index (χ0n) is 11.8. The number of rotatable bonds is 8. The lowest BCUT2D eigenvalue weighted by Gasteiger charge is -2.14. The Hall–Kier alpha value is -1.22. The van der Waals surface area contributed by atoms with Gasteiger partial charge in [0.2, 0.25) is 0 Å². The Balaban J connectivity index is 2.74. The van der Waals surface area contributed by atoms with Crippen LogP contribution in [-0.2, 0) is 6.42 Å². The van der Waals surface area contributed by atoms with Gasteiger partial charge in [0.05, 0.1) is 13.7 Å². The van der Waals surface area contributed by atoms with Gasteiger partial charge in [-0.05, 0) is 49.6 Å². The first kappa shape index (κ1) is 14.8. The third-order valence-corrected chi connectivity index (χ3v) is 3.00. The quantitative estimate of drug-likeness (QED) is 0.722. The molecular weight excluding hydrogens is 226 g/mol. The van der Waals surface area contributed by atoms with Gasteiger partial charge in [0.1, 0.15) is 11.5 Å². The maximum atomic E-state index is 5.83. The minimum atomic E-state index is 0.620. The van der Waals surface area contributed by atoms with E-state index in [1.807, 2.05) is 13.0 Å². The van der Waals surface area contributed by atoms with E-state index in [9.17, 15) is 0 Å². The normalized spacial score (nSPS) is 10.4. The maximum Gasteiger partial charge on any atom is 0.122 e. The number of aryl methyl sites for hydroxylation is 1. The van der Waals surface area contributed by atoms with E-state index < -0.39 is 0 Å². The van der Waals surface area contributed by atoms with Crippen molar-refractivity contribution in [3.8, 4) is 11.5 Å². The van der Waals surface area contributed by atoms with Crippen LogP contribution in [0.25, 0.3) is 0 Å². The fourth-order valence-electron chi connectivity index (χ4n) is 1.93. The smallest absolute Gasteiger partial charge is 0.122 e. The van der Waals surface area contributed by atoms with Gasteiger partial charge in [0.15, 0.2) is 0 Å². The third-order valence-electron chi connectivity index (χ3n) is 3.00. The SMILES string of the molecule is CCCCCOc1cc(CCN)c(OC)cc1C. The minimum Gasteiger partial charge on any atom is -0.496 e. The molecule has 0 saturated heterocycles. The summed E-state index contributed by atoms with van der Waals surface area (Å²) in [6.07, 6.45) is 4.34. The van der Waals surface area contributed by atoms with Gasteiger partial charge in [0.25, 0.3) is 0 Å². The average Bonchev–Trinajstić information content (AvgIpc) is 2.37. The largest absolute Gasteiger partial charge is 0.496 e. The number of ether oxygens (including phenoxy) is 2. The minimum absolute atomic E-state index is 0.620. The van der Waals surface area contributed by atoms with Crippen LogP contribution in [0, 0.1) is 6.92 Å². The second-order valence-corrected chi connectivity index (χ2v) is 4.52. The molecule has 0 aliphatic rings. The Morgan fingerprint density at radius 3 is 2.56 bits per heavy atom. The van der Waals surface area contributed by atoms with Crippen molar-refractivity contribution >= 4 is 0 Å². The predicted molar refractivity (Wildman–Crippen MR) is 75.5 cm³/mol. The molecule has 1 rings (SSSR count). The van der Waals surface area contributed by atoms with E-state index in [4.69, 9.17) is 15.2 Å². The summed E-state index contributed by atoms with van der Waals surface area (Å²) in [5, 5.41) is 0. The van der Waals surface area contributed by atoms with Gasteiger partial charge in [-0.1, -0.05) is 19.8 Å². The number of hydrogen-bond donors (Lipinski definition) is 1. The summed E-state index contributed by atoms with van der Waals surface area (Å²) < 4.78 is 11.2. The molecule has 0 radical (unpaired) electrons. The number of nitrogens with two attached hydrogens (primary N) is 1. The molecule has 0 heterocycles. The number of methoxy groups -OCH3 is 1. The summed E-state index contributed by atoms with van der Waals surface area (Å²) in [5.74, 6) is 1.86. The lowest BCUT2D eigenvalue weighted by molar-refractivity contribution is 0.303. The molecule has 0 fully saturated rings. The fraction of sp³-hybridized carbons (Fsp3) is 0.600. The summed E-state index contributed by atoms with van der Waals surface area (Å²) in [5.41, 5.74) is 7.85. The van der Waals surface area contributed by atoms with E-state index in [0.29, 0.717) is 6.54 Å². The molecule has 0 aliphatic carbocycles. The second-order valence-electron chi connectivity index (χ2n) is 4.52. The highest BCUT2D eigenvalue weighted by molar-refractivity contribution is 5.46. The molecule has 0 bridgehead atoms. The van der Waals surface area contributed by atoms with Crippen molar-refractivity contribution in [3.63, 3.8) is 0 Å². The van der Waals surface area contributed by atoms with Crippen LogP contribution in [0.2, 0.25) is 0 Å². The van der Waals surface area contributed by atoms with Gasteiger partial charge in [-0.15, -0.1) is 0 Å². The molecule has 0 amide bonds. The van der Waals surface area contributed by atoms with Crippen molar-refractivity contribution in [2.24, 2.45) is 5.73 Å². The van der Waals surface area contributed by atoms with Gasteiger partial charge >= 0.3 is 0 Å². The Labute approximate surface area is 110 Å². The molecule has 102 valence electrons. The van der Waals surface area contributed by atoms with E-state index in [0.717, 1.165) is 42.1 Å². The Morgan fingerprint density at radius 2 is 1.94 bits per heavy atom. The molecular formula is C15H25NO2. The van der Waals surface area contributed by atoms with Gasteiger partial charge in [-0.2, -0.15) is 0 Å². The number of unbranched alkanes of at least 4 members (excludes halogenated alkanes) is 2. The summed E-state index contributed by atoms with van der Waals surface area (Å²) in [7, 11) is 1.69. The van der Waals surface area contributed by atoms with Gasteiger partial charge < -0.3 is 15.2 Å². The summed E-state index contributed by atoms with van der Waals surface area (Å²) >= 11 is 0. The van der Waals surface area contributed by atoms with Crippen LogP contribution in [0.4, 0.5) is 0 Å². The van der Waals surface area contributed by atoms with Crippen LogP contribution in [0.1, 0.15) is 37.3 Å². The van der Waals surface area contributed by atoms with Crippen LogP contribution in [-0.4, -0.2) is 20.3 Å². The maximum absolute atomic E-state index is 5.83. The van der Waals surface area contributed by atoms with Crippen LogP contribution in [0.15, 0.2) is 12.1 Å². The van der Waals surface area contributed by atoms with Gasteiger partial charge in [-0.25, -0.2) is 0 Å². The van der Waals surface area contributed by atoms with Crippen molar-refractivity contribution in [2.75, 3.05) is 20.3 Å². The predicted octanol–water partition coefficient (Wildman–Crippen LogP) is 3.07. The van der Waals surface area contributed by atoms with E-state index in [-0.39, 0.29) is 0 Å². The van der Waals surface area contributed by atoms with Crippen LogP contribution < -0.4 is 15.2 Å². The molecule has 1 aromatic rings. The molecule has 0 saturated carbocycles. The highest BCUT2D eigenvalue weighted by atomic mass is 16.5. The molecule has 0 spiro atoms. The van der Waals surface area contributed by atoms with Crippen molar-refractivity contribution < 1.29 is 9.47 Å². The lowest BCUT2D eigenvalue weighted by Crippen LogP contribution is -2.06. The molecule has 0 atom stereocenters. The van der Waals surface area contributed by atoms with Gasteiger partial charge in [0, 0.05) is 0 Å². The molecule has 0 unspecified atom stereocenters. The van der Waals surface area contributed by atoms with E-state index in [2.05, 4.69) is 13.0 Å². The van der Waals surface area contributed by atoms with Gasteiger partial charge in [-0.3, -0.25) is 0 Å². The summed E-state index contributed by atoms with van der Waals surface area (Å²) in [4.78, 5) is 0. The third kappa shape index (κ3) is 4.22. The first-order valence-corrected chi connectivity index (χ1v) is 6.73. The lowest BCUT2D eigenvalue weighted by atomic mass is 10.1. The zero-order valence-corrected chi connectivity index (χ0v) is 11.8. The van der Waals surface area contributed by atoms with E-state index in [1.165, 1.54) is 12.8 Å². The molecule has 18 heavy (non-hydrogen) atoms. The Morgan fingerprint density at radius 1 is 1.17 bits per heavy atom. The molecule has 0 aromatic heterocycles. The zero-order chi connectivity index (χ0) is 13.4. The molecule has 0 aliphatic heterocycles. The first-order chi connectivity index (χ1) is 8.72. The first-order valence-electron chi connectivity index (χ1n) is 6.73. The second kappa shape index (κ2) is 7.98. The molecule has 2 N–H and O–H groups in total. The van der Waals surface area contributed by atoms with E-state index in [1.54, 1.807) is 7.11 Å². The van der Waals surface area contributed by atoms with Crippen LogP contribution in [0.5, 0.6) is 11.5 Å². The topological polar surface area (TPSA) is 44.5 Å². The fourth-order valence-corrected chi connectivity index (χ4v) is 1.93. The van der Waals surface area contributed by atoms with Crippen molar-refractivity contribution in [2.45, 2.75) is 39.5 Å². The van der Waals surface area contributed by atoms with Crippen molar-refractivity contribution in [3.05, 3.63) is 23.3 Å². The Bertz CT molecular complexity index is 364. The highest BCUT2D eigenvalue weighted by Gasteiger charge is 2.08. The van der Waals surface area contributed by atoms with Crippen molar-refractivity contribution in [1.29, 1.82) is 0 Å². The monoisotopic (exact) mass is 251 g/mol. The molecule has 3 heteroatoms. The standard InChI is InChI=1S/C15H25NO2/c1-4-5-6-9-18-14-11-13(7-8-16)15(17-3)10-12(14)2/h10-11H,4-9,16H2,1-3H3.